The minimum Gasteiger partial charge on any atom is -0.494 e. The number of benzene rings is 1. The first-order chi connectivity index (χ1) is 14.9. The lowest BCUT2D eigenvalue weighted by atomic mass is 10.1. The highest BCUT2D eigenvalue weighted by molar-refractivity contribution is 7.20. The normalized spacial score (nSPS) is 14.9. The third-order valence-corrected chi connectivity index (χ3v) is 6.98. The van der Waals surface area contributed by atoms with Crippen molar-refractivity contribution in [1.82, 2.24) is 19.8 Å². The van der Waals surface area contributed by atoms with E-state index in [4.69, 9.17) is 4.74 Å². The molecular formula is C23H27FN4O2S. The van der Waals surface area contributed by atoms with Gasteiger partial charge in [0.15, 0.2) is 11.6 Å². The van der Waals surface area contributed by atoms with E-state index in [0.29, 0.717) is 19.6 Å². The van der Waals surface area contributed by atoms with Gasteiger partial charge in [0.05, 0.1) is 12.0 Å². The van der Waals surface area contributed by atoms with E-state index in [1.165, 1.54) is 24.5 Å². The molecule has 0 saturated carbocycles. The van der Waals surface area contributed by atoms with Crippen molar-refractivity contribution in [2.24, 2.45) is 0 Å². The number of carbonyl (C=O) groups is 1. The first-order valence-corrected chi connectivity index (χ1v) is 11.3. The van der Waals surface area contributed by atoms with Crippen molar-refractivity contribution in [1.29, 1.82) is 0 Å². The van der Waals surface area contributed by atoms with Crippen LogP contribution in [0.5, 0.6) is 5.75 Å². The number of hydrogen-bond acceptors (Lipinski definition) is 6. The Hall–Kier alpha value is -2.58. The van der Waals surface area contributed by atoms with Gasteiger partial charge in [-0.3, -0.25) is 9.69 Å². The van der Waals surface area contributed by atoms with Crippen LogP contribution >= 0.6 is 11.3 Å². The molecule has 3 heterocycles. The SMILES string of the molecule is CCc1nc(C)c2c(C)c(C(=O)N3CCN(Cc4ccc(OC)c(F)c4)CC3)sc2n1. The van der Waals surface area contributed by atoms with E-state index in [1.807, 2.05) is 31.7 Å². The third kappa shape index (κ3) is 4.27. The standard InChI is InChI=1S/C23H27FN4O2S/c1-5-19-25-15(3)20-14(2)21(31-22(20)26-19)23(29)28-10-8-27(9-11-28)13-16-6-7-18(30-4)17(24)12-16/h6-7,12H,5,8-11,13H2,1-4H3. The number of halogens is 1. The Morgan fingerprint density at radius 2 is 1.94 bits per heavy atom. The zero-order valence-corrected chi connectivity index (χ0v) is 19.2. The molecule has 4 rings (SSSR count). The van der Waals surface area contributed by atoms with E-state index >= 15 is 0 Å². The molecule has 31 heavy (non-hydrogen) atoms. The summed E-state index contributed by atoms with van der Waals surface area (Å²) in [4.78, 5) is 28.2. The van der Waals surface area contributed by atoms with Crippen LogP contribution in [0.25, 0.3) is 10.2 Å². The van der Waals surface area contributed by atoms with Crippen LogP contribution in [0.15, 0.2) is 18.2 Å². The molecule has 1 fully saturated rings. The van der Waals surface area contributed by atoms with E-state index in [2.05, 4.69) is 14.9 Å². The second kappa shape index (κ2) is 8.88. The van der Waals surface area contributed by atoms with Crippen LogP contribution in [0.1, 0.15) is 39.2 Å². The minimum absolute atomic E-state index is 0.0630. The van der Waals surface area contributed by atoms with Crippen molar-refractivity contribution in [3.05, 3.63) is 51.5 Å². The quantitative estimate of drug-likeness (QED) is 0.598. The highest BCUT2D eigenvalue weighted by Crippen LogP contribution is 2.32. The zero-order valence-electron chi connectivity index (χ0n) is 18.4. The Morgan fingerprint density at radius 1 is 1.19 bits per heavy atom. The fourth-order valence-corrected chi connectivity index (χ4v) is 5.29. The lowest BCUT2D eigenvalue weighted by Crippen LogP contribution is -2.48. The van der Waals surface area contributed by atoms with Crippen molar-refractivity contribution in [3.63, 3.8) is 0 Å². The number of ether oxygens (including phenoxy) is 1. The van der Waals surface area contributed by atoms with Crippen molar-refractivity contribution in [3.8, 4) is 5.75 Å². The van der Waals surface area contributed by atoms with E-state index in [1.54, 1.807) is 6.07 Å². The lowest BCUT2D eigenvalue weighted by Gasteiger charge is -2.34. The molecular weight excluding hydrogens is 415 g/mol. The summed E-state index contributed by atoms with van der Waals surface area (Å²) < 4.78 is 18.9. The molecule has 0 unspecified atom stereocenters. The molecule has 0 N–H and O–H groups in total. The molecule has 0 aliphatic carbocycles. The summed E-state index contributed by atoms with van der Waals surface area (Å²) in [6, 6.07) is 5.06. The smallest absolute Gasteiger partial charge is 0.264 e. The number of nitrogens with zero attached hydrogens (tertiary/aromatic N) is 4. The highest BCUT2D eigenvalue weighted by atomic mass is 32.1. The maximum Gasteiger partial charge on any atom is 0.264 e. The van der Waals surface area contributed by atoms with Gasteiger partial charge in [0.2, 0.25) is 0 Å². The van der Waals surface area contributed by atoms with E-state index in [-0.39, 0.29) is 17.5 Å². The first-order valence-electron chi connectivity index (χ1n) is 10.5. The summed E-state index contributed by atoms with van der Waals surface area (Å²) in [6.45, 7) is 9.46. The number of piperazine rings is 1. The molecule has 1 aliphatic rings. The van der Waals surface area contributed by atoms with Crippen LogP contribution in [0.3, 0.4) is 0 Å². The summed E-state index contributed by atoms with van der Waals surface area (Å²) in [5.41, 5.74) is 2.81. The molecule has 2 aromatic heterocycles. The number of methoxy groups -OCH3 is 1. The average Bonchev–Trinajstić information content (AvgIpc) is 3.10. The van der Waals surface area contributed by atoms with Gasteiger partial charge in [-0.15, -0.1) is 11.3 Å². The zero-order chi connectivity index (χ0) is 22.1. The Morgan fingerprint density at radius 3 is 2.58 bits per heavy atom. The molecule has 164 valence electrons. The van der Waals surface area contributed by atoms with E-state index in [9.17, 15) is 9.18 Å². The van der Waals surface area contributed by atoms with Crippen LogP contribution < -0.4 is 4.74 Å². The largest absolute Gasteiger partial charge is 0.494 e. The average molecular weight is 443 g/mol. The molecule has 3 aromatic rings. The Balaban J connectivity index is 1.44. The minimum atomic E-state index is -0.348. The van der Waals surface area contributed by atoms with Crippen molar-refractivity contribution in [2.45, 2.75) is 33.7 Å². The molecule has 1 aliphatic heterocycles. The topological polar surface area (TPSA) is 58.6 Å². The maximum absolute atomic E-state index is 14.0. The number of thiophene rings is 1. The van der Waals surface area contributed by atoms with E-state index in [0.717, 1.165) is 57.2 Å². The number of fused-ring (bicyclic) bond motifs is 1. The van der Waals surface area contributed by atoms with Gasteiger partial charge in [0, 0.05) is 50.2 Å². The number of amides is 1. The number of rotatable bonds is 5. The molecule has 0 radical (unpaired) electrons. The predicted molar refractivity (Wildman–Crippen MR) is 120 cm³/mol. The number of aryl methyl sites for hydroxylation is 3. The van der Waals surface area contributed by atoms with Crippen LogP contribution in [0, 0.1) is 19.7 Å². The summed E-state index contributed by atoms with van der Waals surface area (Å²) in [5, 5.41) is 1.01. The van der Waals surface area contributed by atoms with Gasteiger partial charge >= 0.3 is 0 Å². The molecule has 8 heteroatoms. The van der Waals surface area contributed by atoms with Gasteiger partial charge in [-0.2, -0.15) is 0 Å². The van der Waals surface area contributed by atoms with Crippen molar-refractivity contribution in [2.75, 3.05) is 33.3 Å². The van der Waals surface area contributed by atoms with Crippen molar-refractivity contribution >= 4 is 27.5 Å². The predicted octanol–water partition coefficient (Wildman–Crippen LogP) is 3.98. The highest BCUT2D eigenvalue weighted by Gasteiger charge is 2.26. The molecule has 0 bridgehead atoms. The fraction of sp³-hybridized carbons (Fsp3) is 0.435. The maximum atomic E-state index is 14.0. The third-order valence-electron chi connectivity index (χ3n) is 5.81. The summed E-state index contributed by atoms with van der Waals surface area (Å²) in [5.74, 6) is 0.782. The summed E-state index contributed by atoms with van der Waals surface area (Å²) >= 11 is 1.47. The van der Waals surface area contributed by atoms with Gasteiger partial charge in [0.25, 0.3) is 5.91 Å². The van der Waals surface area contributed by atoms with Gasteiger partial charge in [-0.05, 0) is 37.1 Å². The van der Waals surface area contributed by atoms with Gasteiger partial charge < -0.3 is 9.64 Å². The lowest BCUT2D eigenvalue weighted by molar-refractivity contribution is 0.0632. The number of aromatic nitrogens is 2. The van der Waals surface area contributed by atoms with Crippen LogP contribution in [0.2, 0.25) is 0 Å². The molecule has 0 spiro atoms. The summed E-state index contributed by atoms with van der Waals surface area (Å²) in [7, 11) is 1.46. The molecule has 1 amide bonds. The summed E-state index contributed by atoms with van der Waals surface area (Å²) in [6.07, 6.45) is 0.775. The molecule has 1 aromatic carbocycles. The Kier molecular flexibility index (Phi) is 6.20. The second-order valence-corrected chi connectivity index (χ2v) is 8.85. The number of hydrogen-bond donors (Lipinski definition) is 0. The van der Waals surface area contributed by atoms with Gasteiger partial charge in [-0.1, -0.05) is 13.0 Å². The van der Waals surface area contributed by atoms with Crippen molar-refractivity contribution < 1.29 is 13.9 Å². The fourth-order valence-electron chi connectivity index (χ4n) is 4.08. The Bertz CT molecular complexity index is 1120. The van der Waals surface area contributed by atoms with Gasteiger partial charge in [-0.25, -0.2) is 14.4 Å². The van der Waals surface area contributed by atoms with Gasteiger partial charge in [0.1, 0.15) is 10.7 Å². The van der Waals surface area contributed by atoms with Crippen LogP contribution in [-0.2, 0) is 13.0 Å². The van der Waals surface area contributed by atoms with Crippen LogP contribution in [-0.4, -0.2) is 59.0 Å². The second-order valence-electron chi connectivity index (χ2n) is 7.85. The Labute approximate surface area is 185 Å². The molecule has 0 atom stereocenters. The number of carbonyl (C=O) groups excluding carboxylic acids is 1. The monoisotopic (exact) mass is 442 g/mol. The van der Waals surface area contributed by atoms with Crippen LogP contribution in [0.4, 0.5) is 4.39 Å². The molecule has 6 nitrogen and oxygen atoms in total. The van der Waals surface area contributed by atoms with E-state index < -0.39 is 0 Å². The first kappa shape index (κ1) is 21.6. The molecule has 1 saturated heterocycles.